The van der Waals surface area contributed by atoms with Crippen LogP contribution in [0, 0.1) is 0 Å². The van der Waals surface area contributed by atoms with Crippen LogP contribution in [0.25, 0.3) is 0 Å². The van der Waals surface area contributed by atoms with Gasteiger partial charge in [-0.15, -0.1) is 12.4 Å². The molecule has 5 nitrogen and oxygen atoms in total. The maximum atomic E-state index is 12.1. The van der Waals surface area contributed by atoms with Gasteiger partial charge in [-0.1, -0.05) is 30.3 Å². The Hall–Kier alpha value is -2.37. The second-order valence-corrected chi connectivity index (χ2v) is 5.97. The molecular formula is C19H22ClN3O2. The summed E-state index contributed by atoms with van der Waals surface area (Å²) in [4.78, 5) is 25.6. The zero-order chi connectivity index (χ0) is 16.9. The van der Waals surface area contributed by atoms with Crippen molar-refractivity contribution in [2.24, 2.45) is 5.73 Å². The number of hydrogen-bond acceptors (Lipinski definition) is 3. The summed E-state index contributed by atoms with van der Waals surface area (Å²) < 4.78 is 0. The second-order valence-electron chi connectivity index (χ2n) is 5.97. The molecular weight excluding hydrogens is 338 g/mol. The number of halogens is 1. The predicted octanol–water partition coefficient (Wildman–Crippen LogP) is 3.26. The van der Waals surface area contributed by atoms with E-state index < -0.39 is 0 Å². The average Bonchev–Trinajstić information content (AvgIpc) is 3.02. The van der Waals surface area contributed by atoms with Gasteiger partial charge in [0, 0.05) is 36.8 Å². The van der Waals surface area contributed by atoms with Crippen LogP contribution in [0.5, 0.6) is 0 Å². The minimum atomic E-state index is -0.326. The number of carbonyl (C=O) groups is 2. The summed E-state index contributed by atoms with van der Waals surface area (Å²) in [6.07, 6.45) is 1.72. The fourth-order valence-corrected chi connectivity index (χ4v) is 2.88. The van der Waals surface area contributed by atoms with Crippen LogP contribution in [-0.2, 0) is 9.59 Å². The molecule has 1 aliphatic heterocycles. The first kappa shape index (κ1) is 19.0. The largest absolute Gasteiger partial charge is 0.326 e. The summed E-state index contributed by atoms with van der Waals surface area (Å²) in [7, 11) is 0. The third-order valence-electron chi connectivity index (χ3n) is 4.17. The number of benzene rings is 2. The Labute approximate surface area is 153 Å². The fraction of sp³-hybridized carbons (Fsp3) is 0.263. The highest BCUT2D eigenvalue weighted by atomic mass is 35.5. The van der Waals surface area contributed by atoms with Crippen molar-refractivity contribution in [3.05, 3.63) is 60.2 Å². The monoisotopic (exact) mass is 359 g/mol. The van der Waals surface area contributed by atoms with Gasteiger partial charge in [-0.25, -0.2) is 0 Å². The van der Waals surface area contributed by atoms with Gasteiger partial charge in [0.1, 0.15) is 0 Å². The van der Waals surface area contributed by atoms with Gasteiger partial charge in [-0.2, -0.15) is 0 Å². The molecule has 0 aromatic heterocycles. The first-order chi connectivity index (χ1) is 11.6. The van der Waals surface area contributed by atoms with Crippen LogP contribution in [0.15, 0.2) is 54.6 Å². The van der Waals surface area contributed by atoms with E-state index in [0.29, 0.717) is 12.1 Å². The lowest BCUT2D eigenvalue weighted by Crippen LogP contribution is -2.23. The molecule has 1 unspecified atom stereocenters. The van der Waals surface area contributed by atoms with Crippen LogP contribution >= 0.6 is 12.4 Å². The van der Waals surface area contributed by atoms with Crippen molar-refractivity contribution in [3.63, 3.8) is 0 Å². The topological polar surface area (TPSA) is 75.4 Å². The number of nitrogens with one attached hydrogen (secondary N) is 1. The highest BCUT2D eigenvalue weighted by molar-refractivity contribution is 5.96. The van der Waals surface area contributed by atoms with Gasteiger partial charge in [-0.3, -0.25) is 9.59 Å². The second kappa shape index (κ2) is 8.65. The highest BCUT2D eigenvalue weighted by Gasteiger charge is 2.21. The molecule has 3 rings (SSSR count). The molecule has 0 saturated carbocycles. The molecule has 1 fully saturated rings. The molecule has 1 heterocycles. The van der Waals surface area contributed by atoms with Crippen molar-refractivity contribution < 1.29 is 9.59 Å². The zero-order valence-electron chi connectivity index (χ0n) is 13.9. The van der Waals surface area contributed by atoms with Gasteiger partial charge in [0.15, 0.2) is 0 Å². The van der Waals surface area contributed by atoms with E-state index in [2.05, 4.69) is 5.32 Å². The van der Waals surface area contributed by atoms with E-state index in [9.17, 15) is 9.59 Å². The van der Waals surface area contributed by atoms with Crippen LogP contribution < -0.4 is 16.0 Å². The fourth-order valence-electron chi connectivity index (χ4n) is 2.88. The smallest absolute Gasteiger partial charge is 0.227 e. The van der Waals surface area contributed by atoms with Gasteiger partial charge >= 0.3 is 0 Å². The van der Waals surface area contributed by atoms with E-state index in [1.54, 1.807) is 4.90 Å². The highest BCUT2D eigenvalue weighted by Crippen LogP contribution is 2.23. The molecule has 6 heteroatoms. The first-order valence-corrected chi connectivity index (χ1v) is 8.14. The van der Waals surface area contributed by atoms with Gasteiger partial charge in [0.25, 0.3) is 0 Å². The summed E-state index contributed by atoms with van der Waals surface area (Å²) in [6.45, 7) is 0.760. The molecule has 2 amide bonds. The van der Waals surface area contributed by atoms with Crippen molar-refractivity contribution >= 4 is 35.6 Å². The lowest BCUT2D eigenvalue weighted by molar-refractivity contribution is -0.117. The number of nitrogens with zero attached hydrogens (tertiary/aromatic N) is 1. The lowest BCUT2D eigenvalue weighted by atomic mass is 10.0. The Bertz CT molecular complexity index is 719. The number of carbonyl (C=O) groups excluding carboxylic acids is 2. The molecule has 3 N–H and O–H groups in total. The van der Waals surface area contributed by atoms with E-state index in [0.717, 1.165) is 24.2 Å². The van der Waals surface area contributed by atoms with Crippen LogP contribution in [0.4, 0.5) is 11.4 Å². The van der Waals surface area contributed by atoms with Crippen molar-refractivity contribution in [1.29, 1.82) is 0 Å². The lowest BCUT2D eigenvalue weighted by Gasteiger charge is -2.16. The van der Waals surface area contributed by atoms with Crippen LogP contribution in [0.2, 0.25) is 0 Å². The average molecular weight is 360 g/mol. The SMILES string of the molecule is Cl.NC(CC(=O)Nc1ccc(N2CCCC2=O)cc1)c1ccccc1. The van der Waals surface area contributed by atoms with Crippen LogP contribution in [-0.4, -0.2) is 18.4 Å². The quantitative estimate of drug-likeness (QED) is 0.860. The van der Waals surface area contributed by atoms with E-state index in [1.165, 1.54) is 0 Å². The van der Waals surface area contributed by atoms with E-state index in [-0.39, 0.29) is 36.7 Å². The molecule has 1 saturated heterocycles. The summed E-state index contributed by atoms with van der Waals surface area (Å²) in [5, 5.41) is 2.85. The molecule has 25 heavy (non-hydrogen) atoms. The first-order valence-electron chi connectivity index (χ1n) is 8.14. The number of nitrogens with two attached hydrogens (primary N) is 1. The van der Waals surface area contributed by atoms with Gasteiger partial charge in [0.05, 0.1) is 0 Å². The minimum absolute atomic E-state index is 0. The number of anilines is 2. The van der Waals surface area contributed by atoms with Gasteiger partial charge < -0.3 is 16.0 Å². The third-order valence-corrected chi connectivity index (χ3v) is 4.17. The maximum Gasteiger partial charge on any atom is 0.227 e. The molecule has 0 bridgehead atoms. The maximum absolute atomic E-state index is 12.1. The summed E-state index contributed by atoms with van der Waals surface area (Å²) in [5.41, 5.74) is 8.58. The Morgan fingerprint density at radius 2 is 1.80 bits per heavy atom. The molecule has 1 aliphatic rings. The van der Waals surface area contributed by atoms with Gasteiger partial charge in [0.2, 0.25) is 11.8 Å². The van der Waals surface area contributed by atoms with Gasteiger partial charge in [-0.05, 0) is 36.2 Å². The van der Waals surface area contributed by atoms with Crippen molar-refractivity contribution in [1.82, 2.24) is 0 Å². The molecule has 2 aromatic carbocycles. The number of rotatable bonds is 5. The minimum Gasteiger partial charge on any atom is -0.326 e. The van der Waals surface area contributed by atoms with Crippen LogP contribution in [0.1, 0.15) is 30.9 Å². The van der Waals surface area contributed by atoms with Crippen molar-refractivity contribution in [2.45, 2.75) is 25.3 Å². The van der Waals surface area contributed by atoms with Crippen molar-refractivity contribution in [2.75, 3.05) is 16.8 Å². The Kier molecular flexibility index (Phi) is 6.56. The van der Waals surface area contributed by atoms with Crippen LogP contribution in [0.3, 0.4) is 0 Å². The standard InChI is InChI=1S/C19H21N3O2.ClH/c20-17(14-5-2-1-3-6-14)13-18(23)21-15-8-10-16(11-9-15)22-12-4-7-19(22)24;/h1-3,5-6,8-11,17H,4,7,12-13,20H2,(H,21,23);1H. The zero-order valence-corrected chi connectivity index (χ0v) is 14.7. The molecule has 132 valence electrons. The van der Waals surface area contributed by atoms with E-state index in [4.69, 9.17) is 5.73 Å². The normalized spacial score (nSPS) is 14.8. The summed E-state index contributed by atoms with van der Waals surface area (Å²) in [5.74, 6) is 0.0250. The number of hydrogen-bond donors (Lipinski definition) is 2. The molecule has 1 atom stereocenters. The molecule has 2 aromatic rings. The Balaban J connectivity index is 0.00000225. The predicted molar refractivity (Wildman–Crippen MR) is 102 cm³/mol. The Morgan fingerprint density at radius 1 is 1.12 bits per heavy atom. The van der Waals surface area contributed by atoms with E-state index >= 15 is 0 Å². The Morgan fingerprint density at radius 3 is 2.40 bits per heavy atom. The summed E-state index contributed by atoms with van der Waals surface area (Å²) >= 11 is 0. The third kappa shape index (κ3) is 4.81. The molecule has 0 radical (unpaired) electrons. The summed E-state index contributed by atoms with van der Waals surface area (Å²) in [6, 6.07) is 16.6. The van der Waals surface area contributed by atoms with E-state index in [1.807, 2.05) is 54.6 Å². The van der Waals surface area contributed by atoms with Crippen molar-refractivity contribution in [3.8, 4) is 0 Å². The number of amides is 2. The molecule has 0 spiro atoms. The molecule has 0 aliphatic carbocycles.